The fraction of sp³-hybridized carbons (Fsp3) is 0.294. The Kier molecular flexibility index (Phi) is 6.22. The summed E-state index contributed by atoms with van der Waals surface area (Å²) in [6.45, 7) is 6.67. The molecule has 0 aliphatic rings. The molecule has 0 heterocycles. The molecule has 0 bridgehead atoms. The third-order valence-corrected chi connectivity index (χ3v) is 9.03. The summed E-state index contributed by atoms with van der Waals surface area (Å²) in [5.41, 5.74) is 3.31. The monoisotopic (exact) mass is 585 g/mol. The van der Waals surface area contributed by atoms with Crippen LogP contribution in [-0.4, -0.2) is 21.4 Å². The molecule has 9 heteroatoms. The standard InChI is InChI=1S/C17H19O6S2.Hg/c1-10-6-8-17(13(4)11(10)2)25(21,22)23-15-7-9-16(24(18,19)20)14(5)12(15)3;/h6-9H,1H2,2-5H3,(H,18,19,20);. The van der Waals surface area contributed by atoms with Gasteiger partial charge in [-0.3, -0.25) is 4.55 Å². The SMILES string of the molecule is Cc1c([CH2][Hg])ccc(S(=O)(=O)Oc2ccc(S(=O)(=O)O)c(C)c2C)c1C. The van der Waals surface area contributed by atoms with Crippen molar-refractivity contribution in [2.45, 2.75) is 41.4 Å². The Morgan fingerprint density at radius 2 is 1.38 bits per heavy atom. The van der Waals surface area contributed by atoms with Crippen molar-refractivity contribution in [3.8, 4) is 5.75 Å². The molecule has 0 saturated carbocycles. The molecule has 0 unspecified atom stereocenters. The van der Waals surface area contributed by atoms with Gasteiger partial charge in [-0.1, -0.05) is 0 Å². The van der Waals surface area contributed by atoms with E-state index in [1.165, 1.54) is 13.0 Å². The summed E-state index contributed by atoms with van der Waals surface area (Å²) in [4.78, 5) is -0.179. The van der Waals surface area contributed by atoms with Gasteiger partial charge in [0.05, 0.1) is 0 Å². The zero-order valence-electron chi connectivity index (χ0n) is 15.0. The summed E-state index contributed by atoms with van der Waals surface area (Å²) in [7, 11) is -8.46. The molecule has 2 aromatic carbocycles. The van der Waals surface area contributed by atoms with Crippen molar-refractivity contribution in [3.05, 3.63) is 52.1 Å². The predicted molar refractivity (Wildman–Crippen MR) is 93.2 cm³/mol. The van der Waals surface area contributed by atoms with Gasteiger partial charge in [0.2, 0.25) is 0 Å². The van der Waals surface area contributed by atoms with Crippen LogP contribution in [-0.2, 0) is 50.3 Å². The van der Waals surface area contributed by atoms with Crippen LogP contribution >= 0.6 is 0 Å². The first kappa shape index (κ1) is 21.3. The third-order valence-electron chi connectivity index (χ3n) is 4.55. The number of hydrogen-bond donors (Lipinski definition) is 1. The van der Waals surface area contributed by atoms with E-state index in [2.05, 4.69) is 0 Å². The molecule has 2 aromatic rings. The molecule has 0 aromatic heterocycles. The van der Waals surface area contributed by atoms with Crippen molar-refractivity contribution in [3.63, 3.8) is 0 Å². The van der Waals surface area contributed by atoms with Gasteiger partial charge in [0.1, 0.15) is 0 Å². The van der Waals surface area contributed by atoms with E-state index in [0.29, 0.717) is 37.2 Å². The quantitative estimate of drug-likeness (QED) is 0.330. The second-order valence-corrected chi connectivity index (χ2v) is 10.9. The van der Waals surface area contributed by atoms with Crippen LogP contribution in [0, 0.1) is 27.7 Å². The summed E-state index contributed by atoms with van der Waals surface area (Å²) in [6.07, 6.45) is 0. The maximum atomic E-state index is 12.7. The van der Waals surface area contributed by atoms with Crippen LogP contribution in [0.5, 0.6) is 5.75 Å². The van der Waals surface area contributed by atoms with Crippen molar-refractivity contribution >= 4 is 20.2 Å². The fourth-order valence-corrected chi connectivity index (χ4v) is 6.85. The first-order chi connectivity index (χ1) is 11.9. The van der Waals surface area contributed by atoms with E-state index >= 15 is 0 Å². The van der Waals surface area contributed by atoms with Crippen LogP contribution in [0.25, 0.3) is 0 Å². The second-order valence-electron chi connectivity index (χ2n) is 6.05. The molecular formula is C17H19HgO6S2. The topological polar surface area (TPSA) is 97.7 Å². The summed E-state index contributed by atoms with van der Waals surface area (Å²) >= 11 is 0.579. The van der Waals surface area contributed by atoms with Gasteiger partial charge >= 0.3 is 158 Å². The van der Waals surface area contributed by atoms with Gasteiger partial charge in [0, 0.05) is 0 Å². The van der Waals surface area contributed by atoms with Crippen molar-refractivity contribution in [1.82, 2.24) is 0 Å². The fourth-order valence-electron chi connectivity index (χ4n) is 2.70. The summed E-state index contributed by atoms with van der Waals surface area (Å²) < 4.78 is 63.7. The van der Waals surface area contributed by atoms with Gasteiger partial charge in [-0.05, 0) is 0 Å². The molecule has 137 valence electrons. The van der Waals surface area contributed by atoms with Crippen LogP contribution in [0.15, 0.2) is 34.1 Å². The average Bonchev–Trinajstić information content (AvgIpc) is 2.52. The molecule has 0 spiro atoms. The van der Waals surface area contributed by atoms with Crippen molar-refractivity contribution in [2.24, 2.45) is 0 Å². The van der Waals surface area contributed by atoms with E-state index in [0.717, 1.165) is 21.1 Å². The number of hydrogen-bond acceptors (Lipinski definition) is 5. The molecule has 1 N–H and O–H groups in total. The molecule has 0 saturated heterocycles. The van der Waals surface area contributed by atoms with E-state index in [4.69, 9.17) is 4.18 Å². The Morgan fingerprint density at radius 3 is 1.92 bits per heavy atom. The van der Waals surface area contributed by atoms with Crippen LogP contribution < -0.4 is 4.18 Å². The minimum absolute atomic E-state index is 0.0295. The van der Waals surface area contributed by atoms with Crippen LogP contribution in [0.2, 0.25) is 0 Å². The molecule has 2 rings (SSSR count). The zero-order chi connectivity index (χ0) is 19.9. The van der Waals surface area contributed by atoms with Crippen LogP contribution in [0.1, 0.15) is 27.8 Å². The van der Waals surface area contributed by atoms with Crippen molar-refractivity contribution < 1.29 is 51.7 Å². The molecule has 6 nitrogen and oxygen atoms in total. The van der Waals surface area contributed by atoms with Gasteiger partial charge < -0.3 is 0 Å². The zero-order valence-corrected chi connectivity index (χ0v) is 22.2. The molecule has 0 radical (unpaired) electrons. The summed E-state index contributed by atoms with van der Waals surface area (Å²) in [6, 6.07) is 5.73. The Balaban J connectivity index is 2.52. The second kappa shape index (κ2) is 7.57. The molecule has 0 aliphatic heterocycles. The van der Waals surface area contributed by atoms with E-state index in [1.807, 2.05) is 13.0 Å². The van der Waals surface area contributed by atoms with E-state index in [9.17, 15) is 21.4 Å². The van der Waals surface area contributed by atoms with Crippen LogP contribution in [0.3, 0.4) is 0 Å². The Labute approximate surface area is 170 Å². The minimum atomic E-state index is -4.39. The van der Waals surface area contributed by atoms with Gasteiger partial charge in [-0.2, -0.15) is 8.42 Å². The van der Waals surface area contributed by atoms with Gasteiger partial charge in [0.15, 0.2) is 0 Å². The van der Waals surface area contributed by atoms with Gasteiger partial charge in [-0.25, -0.2) is 0 Å². The normalized spacial score (nSPS) is 12.3. The first-order valence-electron chi connectivity index (χ1n) is 7.80. The Bertz CT molecular complexity index is 1070. The van der Waals surface area contributed by atoms with Gasteiger partial charge in [0.25, 0.3) is 0 Å². The average molecular weight is 584 g/mol. The molecular weight excluding hydrogens is 565 g/mol. The van der Waals surface area contributed by atoms with E-state index in [-0.39, 0.29) is 21.1 Å². The van der Waals surface area contributed by atoms with Crippen LogP contribution in [0.4, 0.5) is 0 Å². The predicted octanol–water partition coefficient (Wildman–Crippen LogP) is 2.98. The maximum absolute atomic E-state index is 12.7. The summed E-state index contributed by atoms with van der Waals surface area (Å²) in [5, 5.41) is 0. The van der Waals surface area contributed by atoms with Gasteiger partial charge in [-0.15, -0.1) is 0 Å². The molecule has 26 heavy (non-hydrogen) atoms. The third kappa shape index (κ3) is 4.13. The first-order valence-corrected chi connectivity index (χ1v) is 14.5. The summed E-state index contributed by atoms with van der Waals surface area (Å²) in [5.74, 6) is 0.0295. The van der Waals surface area contributed by atoms with E-state index in [1.54, 1.807) is 19.9 Å². The molecule has 0 atom stereocenters. The Morgan fingerprint density at radius 1 is 0.846 bits per heavy atom. The molecule has 0 amide bonds. The van der Waals surface area contributed by atoms with Crippen molar-refractivity contribution in [2.75, 3.05) is 0 Å². The molecule has 0 fully saturated rings. The molecule has 0 aliphatic carbocycles. The van der Waals surface area contributed by atoms with Crippen molar-refractivity contribution in [1.29, 1.82) is 0 Å². The number of benzene rings is 2. The number of rotatable bonds is 5. The Hall–Kier alpha value is -0.965. The van der Waals surface area contributed by atoms with E-state index < -0.39 is 20.2 Å².